The molecule has 2 saturated heterocycles. The number of likely N-dealkylation sites (tertiary alicyclic amines) is 2. The van der Waals surface area contributed by atoms with Crippen LogP contribution in [0.4, 0.5) is 19.3 Å². The van der Waals surface area contributed by atoms with E-state index in [1.165, 1.54) is 12.1 Å². The van der Waals surface area contributed by atoms with E-state index in [2.05, 4.69) is 24.9 Å². The van der Waals surface area contributed by atoms with Gasteiger partial charge in [0.1, 0.15) is 22.1 Å². The van der Waals surface area contributed by atoms with Crippen LogP contribution in [0.15, 0.2) is 61.2 Å². The van der Waals surface area contributed by atoms with Crippen molar-refractivity contribution in [1.29, 1.82) is 5.26 Å². The van der Waals surface area contributed by atoms with Gasteiger partial charge < -0.3 is 10.1 Å². The Morgan fingerprint density at radius 2 is 1.22 bits per heavy atom. The number of nitriles is 1. The van der Waals surface area contributed by atoms with E-state index in [1.807, 2.05) is 32.6 Å². The summed E-state index contributed by atoms with van der Waals surface area (Å²) < 4.78 is 82.6. The van der Waals surface area contributed by atoms with Gasteiger partial charge in [-0.3, -0.25) is 19.8 Å². The third-order valence-corrected chi connectivity index (χ3v) is 14.2. The number of hydrogen-bond donors (Lipinski definition) is 3. The normalized spacial score (nSPS) is 16.6. The summed E-state index contributed by atoms with van der Waals surface area (Å²) >= 11 is 0. The number of pyridine rings is 2. The van der Waals surface area contributed by atoms with Gasteiger partial charge in [-0.05, 0) is 130 Å². The summed E-state index contributed by atoms with van der Waals surface area (Å²) in [6, 6.07) is 9.72. The highest BCUT2D eigenvalue weighted by molar-refractivity contribution is 7.90. The molecule has 4 heterocycles. The first-order valence-corrected chi connectivity index (χ1v) is 23.0. The largest absolute Gasteiger partial charge is 0.387 e. The molecule has 60 heavy (non-hydrogen) atoms. The van der Waals surface area contributed by atoms with Gasteiger partial charge in [-0.1, -0.05) is 0 Å². The second kappa shape index (κ2) is 18.7. The molecule has 2 amide bonds. The number of ether oxygens (including phenoxy) is 1. The number of urea groups is 1. The Hall–Kier alpha value is -5.06. The van der Waals surface area contributed by atoms with E-state index >= 15 is 0 Å². The van der Waals surface area contributed by atoms with Crippen molar-refractivity contribution in [2.45, 2.75) is 88.8 Å². The number of aromatic nitrogens is 2. The van der Waals surface area contributed by atoms with Gasteiger partial charge in [-0.15, -0.1) is 5.26 Å². The lowest BCUT2D eigenvalue weighted by atomic mass is 9.97. The SMILES string of the molecule is CC(C)N1CC(S(=O)(=O)NC(=O)Nc2c(-c3ccncc3)cc(F)c3c2CCC3)C1.CC(C)N1CC(S(N)(=O)=O)C1.N#COc1c(-c2ccncc2)cc(F)c2c1CCC2. The van der Waals surface area contributed by atoms with Crippen LogP contribution in [0.1, 0.15) is 62.8 Å². The smallest absolute Gasteiger partial charge is 0.332 e. The fourth-order valence-corrected chi connectivity index (χ4v) is 9.83. The number of fused-ring (bicyclic) bond motifs is 2. The summed E-state index contributed by atoms with van der Waals surface area (Å²) in [7, 11) is -7.07. The lowest BCUT2D eigenvalue weighted by Gasteiger charge is -2.41. The third kappa shape index (κ3) is 10.1. The zero-order valence-corrected chi connectivity index (χ0v) is 35.6. The zero-order valence-electron chi connectivity index (χ0n) is 34.0. The molecule has 0 saturated carbocycles. The lowest BCUT2D eigenvalue weighted by molar-refractivity contribution is 0.141. The van der Waals surface area contributed by atoms with E-state index in [0.717, 1.165) is 36.0 Å². The minimum atomic E-state index is -3.80. The number of hydrogen-bond acceptors (Lipinski definition) is 11. The number of nitrogens with one attached hydrogen (secondary N) is 2. The first kappa shape index (κ1) is 44.5. The molecule has 18 heteroatoms. The fraction of sp³-hybridized carbons (Fsp3) is 0.429. The van der Waals surface area contributed by atoms with E-state index in [-0.39, 0.29) is 22.9 Å². The first-order valence-electron chi connectivity index (χ1n) is 19.9. The third-order valence-electron chi connectivity index (χ3n) is 11.4. The van der Waals surface area contributed by atoms with Gasteiger partial charge in [0.25, 0.3) is 6.26 Å². The Morgan fingerprint density at radius 1 is 0.767 bits per heavy atom. The number of primary sulfonamides is 1. The molecule has 14 nitrogen and oxygen atoms in total. The fourth-order valence-electron chi connectivity index (χ4n) is 7.78. The van der Waals surface area contributed by atoms with Gasteiger partial charge in [0, 0.05) is 79.7 Å². The van der Waals surface area contributed by atoms with Gasteiger partial charge in [-0.2, -0.15) is 0 Å². The van der Waals surface area contributed by atoms with Crippen molar-refractivity contribution in [3.05, 3.63) is 95.1 Å². The van der Waals surface area contributed by atoms with Crippen LogP contribution in [0.3, 0.4) is 0 Å². The number of nitrogens with two attached hydrogens (primary N) is 1. The molecule has 2 aliphatic heterocycles. The van der Waals surface area contributed by atoms with Crippen molar-refractivity contribution in [2.24, 2.45) is 5.14 Å². The summed E-state index contributed by atoms with van der Waals surface area (Å²) in [6.07, 6.45) is 12.5. The molecule has 2 aromatic carbocycles. The molecule has 0 atom stereocenters. The monoisotopic (exact) mass is 864 g/mol. The van der Waals surface area contributed by atoms with E-state index in [0.29, 0.717) is 90.7 Å². The molecule has 4 aliphatic rings. The average Bonchev–Trinajstić information content (AvgIpc) is 3.85. The maximum atomic E-state index is 14.6. The summed E-state index contributed by atoms with van der Waals surface area (Å²) in [5.41, 5.74) is 5.90. The Morgan fingerprint density at radius 3 is 1.72 bits per heavy atom. The van der Waals surface area contributed by atoms with Crippen molar-refractivity contribution < 1.29 is 35.1 Å². The van der Waals surface area contributed by atoms with Gasteiger partial charge in [0.15, 0.2) is 5.75 Å². The molecule has 0 radical (unpaired) electrons. The maximum Gasteiger partial charge on any atom is 0.332 e. The highest BCUT2D eigenvalue weighted by Gasteiger charge is 2.39. The van der Waals surface area contributed by atoms with E-state index in [9.17, 15) is 30.4 Å². The quantitative estimate of drug-likeness (QED) is 0.179. The van der Waals surface area contributed by atoms with Crippen LogP contribution in [-0.2, 0) is 45.7 Å². The molecule has 2 aliphatic carbocycles. The van der Waals surface area contributed by atoms with Crippen LogP contribution in [0, 0.1) is 23.2 Å². The number of anilines is 1. The molecule has 2 aromatic heterocycles. The van der Waals surface area contributed by atoms with Crippen LogP contribution in [0.25, 0.3) is 22.3 Å². The molecule has 4 aromatic rings. The number of rotatable bonds is 9. The molecule has 2 fully saturated rings. The molecule has 4 N–H and O–H groups in total. The predicted molar refractivity (Wildman–Crippen MR) is 225 cm³/mol. The van der Waals surface area contributed by atoms with Gasteiger partial charge in [0.05, 0.1) is 5.69 Å². The van der Waals surface area contributed by atoms with Crippen LogP contribution in [-0.4, -0.2) is 91.4 Å². The lowest BCUT2D eigenvalue weighted by Crippen LogP contribution is -2.60. The van der Waals surface area contributed by atoms with E-state index in [4.69, 9.17) is 15.1 Å². The van der Waals surface area contributed by atoms with Gasteiger partial charge >= 0.3 is 6.03 Å². The van der Waals surface area contributed by atoms with E-state index in [1.54, 1.807) is 55.3 Å². The number of sulfonamides is 2. The number of carbonyl (C=O) groups excluding carboxylic acids is 1. The molecule has 0 spiro atoms. The number of carbonyl (C=O) groups is 1. The Kier molecular flexibility index (Phi) is 13.9. The highest BCUT2D eigenvalue weighted by Crippen LogP contribution is 2.41. The minimum absolute atomic E-state index is 0.218. The topological polar surface area (TPSA) is 201 Å². The van der Waals surface area contributed by atoms with Gasteiger partial charge in [0.2, 0.25) is 20.0 Å². The zero-order chi connectivity index (χ0) is 43.4. The van der Waals surface area contributed by atoms with Crippen molar-refractivity contribution in [2.75, 3.05) is 31.5 Å². The number of nitrogens with zero attached hydrogens (tertiary/aromatic N) is 5. The second-order valence-corrected chi connectivity index (χ2v) is 19.6. The highest BCUT2D eigenvalue weighted by atomic mass is 32.2. The summed E-state index contributed by atoms with van der Waals surface area (Å²) in [5.74, 6) is -0.0386. The Balaban J connectivity index is 0.000000171. The molecular formula is C42H50F2N8O6S2. The van der Waals surface area contributed by atoms with E-state index < -0.39 is 31.3 Å². The molecular weight excluding hydrogens is 815 g/mol. The first-order chi connectivity index (χ1) is 28.5. The van der Waals surface area contributed by atoms with Crippen LogP contribution in [0.5, 0.6) is 5.75 Å². The Bertz CT molecular complexity index is 2460. The average molecular weight is 865 g/mol. The number of halogens is 2. The molecule has 0 bridgehead atoms. The number of benzene rings is 2. The van der Waals surface area contributed by atoms with Crippen molar-refractivity contribution in [3.8, 4) is 34.3 Å². The number of amides is 2. The van der Waals surface area contributed by atoms with Crippen LogP contribution in [0.2, 0.25) is 0 Å². The standard InChI is InChI=1S/C21H25FN4O3S.C15H11FN2O.C6H14N2O2S/c1-13(2)26-11-15(12-26)30(28,29)25-21(27)24-20-17-5-3-4-16(17)19(22)10-18(20)14-6-8-23-9-7-14;16-14-8-13(10-4-6-18-7-5-10)15(19-9-17)12-3-1-2-11(12)14;1-5(2)8-3-6(4-8)11(7,9)10/h6-10,13,15H,3-5,11-12H2,1-2H3,(H2,24,25,27);4-8H,1-3H2;5-6H,3-4H2,1-2H3,(H2,7,9,10). The minimum Gasteiger partial charge on any atom is -0.387 e. The molecule has 0 unspecified atom stereocenters. The summed E-state index contributed by atoms with van der Waals surface area (Å²) in [6.45, 7) is 10.1. The van der Waals surface area contributed by atoms with Crippen molar-refractivity contribution in [3.63, 3.8) is 0 Å². The molecule has 320 valence electrons. The van der Waals surface area contributed by atoms with Crippen LogP contribution >= 0.6 is 0 Å². The van der Waals surface area contributed by atoms with Crippen LogP contribution < -0.4 is 19.9 Å². The van der Waals surface area contributed by atoms with Crippen molar-refractivity contribution >= 4 is 31.8 Å². The second-order valence-electron chi connectivity index (χ2n) is 15.8. The Labute approximate surface area is 350 Å². The molecule has 8 rings (SSSR count). The van der Waals surface area contributed by atoms with Crippen molar-refractivity contribution in [1.82, 2.24) is 24.5 Å². The predicted octanol–water partition coefficient (Wildman–Crippen LogP) is 5.52. The summed E-state index contributed by atoms with van der Waals surface area (Å²) in [5, 5.41) is 15.5. The summed E-state index contributed by atoms with van der Waals surface area (Å²) in [4.78, 5) is 24.7. The van der Waals surface area contributed by atoms with Gasteiger partial charge in [-0.25, -0.2) is 40.3 Å². The maximum absolute atomic E-state index is 14.6.